The fourth-order valence-electron chi connectivity index (χ4n) is 11.7. The average molecular weight is 857 g/mol. The number of rotatable bonds is 7. The highest BCUT2D eigenvalue weighted by Gasteiger charge is 2.64. The maximum atomic E-state index is 14.5. The Kier molecular flexibility index (Phi) is 10.8. The molecule has 60 heavy (non-hydrogen) atoms. The van der Waals surface area contributed by atoms with Crippen molar-refractivity contribution < 1.29 is 33.4 Å². The van der Waals surface area contributed by atoms with Gasteiger partial charge in [-0.3, -0.25) is 4.79 Å². The number of aliphatic hydroxyl groups excluding tert-OH is 1. The van der Waals surface area contributed by atoms with Gasteiger partial charge in [0.25, 0.3) is 0 Å². The predicted octanol–water partition coefficient (Wildman–Crippen LogP) is 5.36. The Morgan fingerprint density at radius 2 is 2.02 bits per heavy atom. The number of hydrogen-bond donors (Lipinski definition) is 4. The summed E-state index contributed by atoms with van der Waals surface area (Å²) in [6.07, 6.45) is 12.7. The molecule has 1 spiro atoms. The summed E-state index contributed by atoms with van der Waals surface area (Å²) in [7, 11) is 5.41. The molecule has 7 aliphatic rings. The maximum absolute atomic E-state index is 14.5. The fraction of sp³-hybridized carbons (Fsp3) is 0.565. The molecule has 0 unspecified atom stereocenters. The van der Waals surface area contributed by atoms with Gasteiger partial charge in [-0.05, 0) is 88.4 Å². The summed E-state index contributed by atoms with van der Waals surface area (Å²) in [6.45, 7) is 6.46. The van der Waals surface area contributed by atoms with Crippen molar-refractivity contribution in [3.05, 3.63) is 86.1 Å². The van der Waals surface area contributed by atoms with Gasteiger partial charge in [0.15, 0.2) is 11.2 Å². The van der Waals surface area contributed by atoms with E-state index in [0.29, 0.717) is 72.8 Å². The second-order valence-corrected chi connectivity index (χ2v) is 20.8. The van der Waals surface area contributed by atoms with E-state index in [4.69, 9.17) is 19.6 Å². The summed E-state index contributed by atoms with van der Waals surface area (Å²) in [5.74, 6) is 0.821. The number of hydrogen-bond acceptors (Lipinski definition) is 13. The van der Waals surface area contributed by atoms with E-state index in [1.54, 1.807) is 40.7 Å². The van der Waals surface area contributed by atoms with Crippen LogP contribution in [0.1, 0.15) is 83.3 Å². The first kappa shape index (κ1) is 41.4. The molecule has 4 aliphatic heterocycles. The Hall–Kier alpha value is -3.98. The van der Waals surface area contributed by atoms with Gasteiger partial charge in [-0.1, -0.05) is 52.2 Å². The number of carbonyl (C=O) groups is 3. The third-order valence-electron chi connectivity index (χ3n) is 15.1. The first-order chi connectivity index (χ1) is 28.9. The number of dihydropyridines is 1. The fourth-order valence-corrected chi connectivity index (χ4v) is 14.9. The number of nitrogens with one attached hydrogen (secondary N) is 2. The van der Waals surface area contributed by atoms with Gasteiger partial charge in [0.05, 0.1) is 24.2 Å². The van der Waals surface area contributed by atoms with E-state index < -0.39 is 34.1 Å². The summed E-state index contributed by atoms with van der Waals surface area (Å²) in [5.41, 5.74) is 8.65. The van der Waals surface area contributed by atoms with Gasteiger partial charge in [-0.2, -0.15) is 0 Å². The highest BCUT2D eigenvalue weighted by molar-refractivity contribution is 8.77. The summed E-state index contributed by atoms with van der Waals surface area (Å²) in [5, 5.41) is 17.6. The molecule has 2 saturated carbocycles. The molecule has 2 aromatic rings. The van der Waals surface area contributed by atoms with Gasteiger partial charge < -0.3 is 45.1 Å². The van der Waals surface area contributed by atoms with Crippen molar-refractivity contribution in [2.75, 3.05) is 32.5 Å². The minimum atomic E-state index is -1.20. The molecule has 0 radical (unpaired) electrons. The number of ether oxygens (including phenoxy) is 2. The number of fused-ring (bicyclic) bond motifs is 5. The highest BCUT2D eigenvalue weighted by Crippen LogP contribution is 2.58. The van der Waals surface area contributed by atoms with Crippen molar-refractivity contribution in [1.82, 2.24) is 15.5 Å². The van der Waals surface area contributed by atoms with Gasteiger partial charge in [0, 0.05) is 89.4 Å². The van der Waals surface area contributed by atoms with Crippen LogP contribution in [-0.2, 0) is 31.0 Å². The quantitative estimate of drug-likeness (QED) is 0.0701. The summed E-state index contributed by atoms with van der Waals surface area (Å²) >= 11 is 0. The van der Waals surface area contributed by atoms with E-state index >= 15 is 0 Å². The SMILES string of the molecule is C/C=C(\C)C(=O)O[C@]1(C)CC=C2CSS[C@@H]3C[C@H](C=O)[C@@H](NC)[C@H]4CN(C(=O)CC5=C(C=C(N)NC5)[C@@H]2[C@]12Cc1cc5cc(C6(CCO)CCCC6)c(=O)oc5cc1O2)[C@H]43. The van der Waals surface area contributed by atoms with Gasteiger partial charge in [-0.25, -0.2) is 9.59 Å². The average Bonchev–Trinajstić information content (AvgIpc) is 3.84. The van der Waals surface area contributed by atoms with Crippen LogP contribution in [0.15, 0.2) is 73.8 Å². The maximum Gasteiger partial charge on any atom is 0.340 e. The molecule has 320 valence electrons. The van der Waals surface area contributed by atoms with Crippen molar-refractivity contribution in [3.8, 4) is 5.75 Å². The molecule has 5 heterocycles. The predicted molar refractivity (Wildman–Crippen MR) is 233 cm³/mol. The number of benzene rings is 1. The smallest absolute Gasteiger partial charge is 0.340 e. The lowest BCUT2D eigenvalue weighted by atomic mass is 9.61. The number of aliphatic hydroxyl groups is 1. The third-order valence-corrected chi connectivity index (χ3v) is 17.9. The molecular weight excluding hydrogens is 801 g/mol. The van der Waals surface area contributed by atoms with E-state index in [9.17, 15) is 24.3 Å². The van der Waals surface area contributed by atoms with Gasteiger partial charge in [-0.15, -0.1) is 0 Å². The van der Waals surface area contributed by atoms with Crippen LogP contribution in [0.5, 0.6) is 5.75 Å². The largest absolute Gasteiger partial charge is 0.481 e. The van der Waals surface area contributed by atoms with E-state index in [0.717, 1.165) is 59.6 Å². The van der Waals surface area contributed by atoms with Crippen LogP contribution < -0.4 is 26.7 Å². The molecule has 1 aromatic heterocycles. The summed E-state index contributed by atoms with van der Waals surface area (Å²) < 4.78 is 20.1. The molecule has 8 atom stereocenters. The Morgan fingerprint density at radius 3 is 2.75 bits per heavy atom. The number of aldehydes is 1. The lowest BCUT2D eigenvalue weighted by Gasteiger charge is -2.58. The van der Waals surface area contributed by atoms with Gasteiger partial charge in [0.2, 0.25) is 5.91 Å². The minimum absolute atomic E-state index is 0.0101. The van der Waals surface area contributed by atoms with Crippen molar-refractivity contribution in [1.29, 1.82) is 0 Å². The molecule has 1 amide bonds. The van der Waals surface area contributed by atoms with Gasteiger partial charge >= 0.3 is 11.6 Å². The van der Waals surface area contributed by atoms with E-state index in [-0.39, 0.29) is 48.1 Å². The van der Waals surface area contributed by atoms with Crippen LogP contribution in [0.25, 0.3) is 11.0 Å². The number of nitrogens with two attached hydrogens (primary N) is 1. The second-order valence-electron chi connectivity index (χ2n) is 18.2. The van der Waals surface area contributed by atoms with Crippen LogP contribution in [0.4, 0.5) is 0 Å². The topological polar surface area (TPSA) is 173 Å². The zero-order valence-corrected chi connectivity index (χ0v) is 36.5. The molecule has 1 saturated heterocycles. The zero-order valence-electron chi connectivity index (χ0n) is 34.8. The van der Waals surface area contributed by atoms with Crippen LogP contribution in [0.3, 0.4) is 0 Å². The van der Waals surface area contributed by atoms with Crippen LogP contribution >= 0.6 is 21.6 Å². The molecule has 1 aromatic carbocycles. The number of nitrogens with zero attached hydrogens (tertiary/aromatic N) is 1. The molecule has 12 nitrogen and oxygen atoms in total. The highest BCUT2D eigenvalue weighted by atomic mass is 33.1. The number of carbonyl (C=O) groups excluding carboxylic acids is 3. The Labute approximate surface area is 358 Å². The molecule has 3 aliphatic carbocycles. The first-order valence-electron chi connectivity index (χ1n) is 21.5. The summed E-state index contributed by atoms with van der Waals surface area (Å²) in [6, 6.07) is 5.85. The second kappa shape index (κ2) is 15.7. The molecule has 5 N–H and O–H groups in total. The Morgan fingerprint density at radius 1 is 1.22 bits per heavy atom. The lowest BCUT2D eigenvalue weighted by molar-refractivity contribution is -0.186. The van der Waals surface area contributed by atoms with Crippen molar-refractivity contribution in [3.63, 3.8) is 0 Å². The zero-order chi connectivity index (χ0) is 42.1. The number of amides is 1. The molecular formula is C46H56N4O8S2. The minimum Gasteiger partial charge on any atom is -0.481 e. The van der Waals surface area contributed by atoms with Gasteiger partial charge in [0.1, 0.15) is 17.6 Å². The van der Waals surface area contributed by atoms with Crippen molar-refractivity contribution in [2.45, 2.75) is 113 Å². The third kappa shape index (κ3) is 6.57. The molecule has 0 bridgehead atoms. The normalized spacial score (nSPS) is 33.5. The van der Waals surface area contributed by atoms with Crippen LogP contribution in [-0.4, -0.2) is 89.2 Å². The standard InChI is InChI=1S/C46H56N4O8S2/c1-5-25(2)42(54)58-44(3)11-8-26-24-59-60-36-16-30(23-52)40(48-4)32-22-50(41(32)36)38(53)17-29-21-49-37(47)18-31(29)39(26)46(44)20-28-14-27-15-33(45(12-13-51)9-6-7-10-45)43(55)56-34(27)19-35(28)57-46/h5,8,14-15,18-19,23,30,32,36,39-41,48-49,51H,6-7,9-13,16-17,20-22,24,47H2,1-4H3/b25-5+/t30-,32-,36-,39-,40-,41-,44-,46-/m1/s1. The Balaban J connectivity index is 1.18. The number of esters is 1. The van der Waals surface area contributed by atoms with Crippen LogP contribution in [0.2, 0.25) is 0 Å². The van der Waals surface area contributed by atoms with E-state index in [1.165, 1.54) is 0 Å². The van der Waals surface area contributed by atoms with Crippen LogP contribution in [0, 0.1) is 17.8 Å². The Bertz CT molecular complexity index is 2310. The monoisotopic (exact) mass is 856 g/mol. The number of allylic oxidation sites excluding steroid dienone is 2. The summed E-state index contributed by atoms with van der Waals surface area (Å²) in [4.78, 5) is 56.5. The molecule has 14 heteroatoms. The van der Waals surface area contributed by atoms with Crippen molar-refractivity contribution >= 4 is 50.7 Å². The van der Waals surface area contributed by atoms with E-state index in [1.807, 2.05) is 44.0 Å². The van der Waals surface area contributed by atoms with E-state index in [2.05, 4.69) is 16.7 Å². The lowest BCUT2D eigenvalue weighted by Crippen LogP contribution is -2.71. The first-order valence-corrected chi connectivity index (χ1v) is 23.9. The molecule has 3 fully saturated rings. The van der Waals surface area contributed by atoms with Crippen molar-refractivity contribution in [2.24, 2.45) is 23.5 Å². The molecule has 9 rings (SSSR count).